The van der Waals surface area contributed by atoms with E-state index < -0.39 is 0 Å². The van der Waals surface area contributed by atoms with Crippen LogP contribution in [0.15, 0.2) is 59.6 Å². The number of nitrogen functional groups attached to an aromatic ring is 1. The van der Waals surface area contributed by atoms with Crippen molar-refractivity contribution in [1.82, 2.24) is 0 Å². The van der Waals surface area contributed by atoms with Crippen LogP contribution >= 0.6 is 0 Å². The van der Waals surface area contributed by atoms with Gasteiger partial charge in [-0.25, -0.2) is 0 Å². The zero-order chi connectivity index (χ0) is 14.4. The Kier molecular flexibility index (Phi) is 2.91. The third-order valence-corrected chi connectivity index (χ3v) is 5.03. The maximum absolute atomic E-state index is 6.11. The van der Waals surface area contributed by atoms with Crippen molar-refractivity contribution in [2.75, 3.05) is 5.73 Å². The van der Waals surface area contributed by atoms with Crippen molar-refractivity contribution < 1.29 is 4.74 Å². The molecule has 21 heavy (non-hydrogen) atoms. The van der Waals surface area contributed by atoms with Crippen LogP contribution in [-0.4, -0.2) is 0 Å². The number of nitrogens with two attached hydrogens (primary N) is 1. The fourth-order valence-corrected chi connectivity index (χ4v) is 3.87. The highest BCUT2D eigenvalue weighted by Gasteiger charge is 2.38. The molecule has 4 rings (SSSR count). The van der Waals surface area contributed by atoms with Gasteiger partial charge in [0.2, 0.25) is 0 Å². The van der Waals surface area contributed by atoms with Gasteiger partial charge in [-0.15, -0.1) is 0 Å². The van der Waals surface area contributed by atoms with Gasteiger partial charge in [0.05, 0.1) is 0 Å². The predicted molar refractivity (Wildman–Crippen MR) is 85.4 cm³/mol. The molecular formula is C19H21NO. The SMILES string of the molecule is CC1C=C2OC3=C(C=CCC3)C2CC1c1ccc(N)cc1. The van der Waals surface area contributed by atoms with Gasteiger partial charge in [-0.05, 0) is 48.4 Å². The number of rotatable bonds is 1. The highest BCUT2D eigenvalue weighted by Crippen LogP contribution is 2.49. The minimum atomic E-state index is 0.454. The van der Waals surface area contributed by atoms with Gasteiger partial charge in [0.25, 0.3) is 0 Å². The molecule has 2 heteroatoms. The monoisotopic (exact) mass is 279 g/mol. The lowest BCUT2D eigenvalue weighted by atomic mass is 9.73. The summed E-state index contributed by atoms with van der Waals surface area (Å²) < 4.78 is 6.11. The molecule has 3 unspecified atom stereocenters. The topological polar surface area (TPSA) is 35.2 Å². The Morgan fingerprint density at radius 3 is 2.81 bits per heavy atom. The first-order valence-corrected chi connectivity index (χ1v) is 7.87. The summed E-state index contributed by atoms with van der Waals surface area (Å²) in [5.74, 6) is 3.90. The fourth-order valence-electron chi connectivity index (χ4n) is 3.87. The van der Waals surface area contributed by atoms with E-state index in [1.165, 1.54) is 22.7 Å². The van der Waals surface area contributed by atoms with E-state index in [0.717, 1.165) is 24.9 Å². The molecular weight excluding hydrogens is 258 g/mol. The number of hydrogen-bond acceptors (Lipinski definition) is 2. The van der Waals surface area contributed by atoms with Gasteiger partial charge >= 0.3 is 0 Å². The normalized spacial score (nSPS) is 30.5. The van der Waals surface area contributed by atoms with Gasteiger partial charge in [0.1, 0.15) is 11.5 Å². The Labute approximate surface area is 126 Å². The number of anilines is 1. The van der Waals surface area contributed by atoms with Crippen molar-refractivity contribution >= 4 is 5.69 Å². The zero-order valence-electron chi connectivity index (χ0n) is 12.4. The van der Waals surface area contributed by atoms with Crippen molar-refractivity contribution in [2.45, 2.75) is 32.1 Å². The Hall–Kier alpha value is -1.96. The number of fused-ring (bicyclic) bond motifs is 2. The fraction of sp³-hybridized carbons (Fsp3) is 0.368. The maximum atomic E-state index is 6.11. The number of benzene rings is 1. The van der Waals surface area contributed by atoms with Crippen LogP contribution in [0.1, 0.15) is 37.7 Å². The van der Waals surface area contributed by atoms with Crippen molar-refractivity contribution in [3.05, 3.63) is 65.1 Å². The molecule has 0 saturated carbocycles. The first kappa shape index (κ1) is 12.8. The van der Waals surface area contributed by atoms with Gasteiger partial charge in [-0.1, -0.05) is 31.2 Å². The van der Waals surface area contributed by atoms with E-state index in [-0.39, 0.29) is 0 Å². The molecule has 0 saturated heterocycles. The molecule has 1 aliphatic heterocycles. The Morgan fingerprint density at radius 2 is 2.00 bits per heavy atom. The van der Waals surface area contributed by atoms with Gasteiger partial charge in [-0.2, -0.15) is 0 Å². The van der Waals surface area contributed by atoms with E-state index in [0.29, 0.717) is 17.8 Å². The third kappa shape index (κ3) is 2.10. The first-order chi connectivity index (χ1) is 10.2. The Morgan fingerprint density at radius 1 is 1.19 bits per heavy atom. The molecule has 3 atom stereocenters. The van der Waals surface area contributed by atoms with E-state index in [9.17, 15) is 0 Å². The lowest BCUT2D eigenvalue weighted by Crippen LogP contribution is -2.20. The molecule has 1 aromatic carbocycles. The molecule has 0 spiro atoms. The van der Waals surface area contributed by atoms with Gasteiger partial charge < -0.3 is 10.5 Å². The second-order valence-electron chi connectivity index (χ2n) is 6.41. The summed E-state index contributed by atoms with van der Waals surface area (Å²) in [4.78, 5) is 0. The van der Waals surface area contributed by atoms with E-state index in [4.69, 9.17) is 10.5 Å². The number of ether oxygens (including phenoxy) is 1. The molecule has 1 heterocycles. The van der Waals surface area contributed by atoms with E-state index in [1.807, 2.05) is 12.1 Å². The van der Waals surface area contributed by atoms with Gasteiger partial charge in [-0.3, -0.25) is 0 Å². The molecule has 0 amide bonds. The number of allylic oxidation sites excluding steroid dienone is 5. The summed E-state index contributed by atoms with van der Waals surface area (Å²) in [5, 5.41) is 0. The van der Waals surface area contributed by atoms with Crippen LogP contribution in [0, 0.1) is 11.8 Å². The minimum absolute atomic E-state index is 0.454. The predicted octanol–water partition coefficient (Wildman–Crippen LogP) is 4.53. The highest BCUT2D eigenvalue weighted by atomic mass is 16.5. The van der Waals surface area contributed by atoms with Crippen LogP contribution in [0.25, 0.3) is 0 Å². The van der Waals surface area contributed by atoms with Crippen molar-refractivity contribution in [3.8, 4) is 0 Å². The molecule has 2 aliphatic carbocycles. The standard InChI is InChI=1S/C19H21NO/c1-12-10-19-17(15-4-2-3-5-18(15)21-19)11-16(12)13-6-8-14(20)9-7-13/h2,4,6-10,12,16-17H,3,5,11,20H2,1H3. The van der Waals surface area contributed by atoms with Gasteiger partial charge in [0, 0.05) is 23.6 Å². The maximum Gasteiger partial charge on any atom is 0.108 e. The molecule has 0 radical (unpaired) electrons. The Bertz CT molecular complexity index is 651. The summed E-state index contributed by atoms with van der Waals surface area (Å²) >= 11 is 0. The van der Waals surface area contributed by atoms with Crippen LogP contribution in [0.3, 0.4) is 0 Å². The zero-order valence-corrected chi connectivity index (χ0v) is 12.4. The van der Waals surface area contributed by atoms with Crippen molar-refractivity contribution in [3.63, 3.8) is 0 Å². The highest BCUT2D eigenvalue weighted by molar-refractivity contribution is 5.44. The molecule has 0 aromatic heterocycles. The molecule has 2 N–H and O–H groups in total. The molecule has 1 aromatic rings. The van der Waals surface area contributed by atoms with E-state index in [1.54, 1.807) is 0 Å². The number of hydrogen-bond donors (Lipinski definition) is 1. The minimum Gasteiger partial charge on any atom is -0.465 e. The van der Waals surface area contributed by atoms with Crippen LogP contribution in [0.4, 0.5) is 5.69 Å². The van der Waals surface area contributed by atoms with E-state index >= 15 is 0 Å². The third-order valence-electron chi connectivity index (χ3n) is 5.03. The lowest BCUT2D eigenvalue weighted by molar-refractivity contribution is 0.263. The largest absolute Gasteiger partial charge is 0.465 e. The van der Waals surface area contributed by atoms with Crippen molar-refractivity contribution in [1.29, 1.82) is 0 Å². The average Bonchev–Trinajstić information content (AvgIpc) is 2.84. The smallest absolute Gasteiger partial charge is 0.108 e. The lowest BCUT2D eigenvalue weighted by Gasteiger charge is -2.31. The summed E-state index contributed by atoms with van der Waals surface area (Å²) in [6.07, 6.45) is 10.2. The second-order valence-corrected chi connectivity index (χ2v) is 6.41. The molecule has 2 nitrogen and oxygen atoms in total. The summed E-state index contributed by atoms with van der Waals surface area (Å²) in [6, 6.07) is 8.38. The van der Waals surface area contributed by atoms with Crippen LogP contribution in [0.5, 0.6) is 0 Å². The first-order valence-electron chi connectivity index (χ1n) is 7.87. The van der Waals surface area contributed by atoms with E-state index in [2.05, 4.69) is 37.3 Å². The summed E-state index contributed by atoms with van der Waals surface area (Å²) in [6.45, 7) is 2.29. The van der Waals surface area contributed by atoms with Crippen LogP contribution in [0.2, 0.25) is 0 Å². The molecule has 3 aliphatic rings. The van der Waals surface area contributed by atoms with Crippen molar-refractivity contribution in [2.24, 2.45) is 11.8 Å². The van der Waals surface area contributed by atoms with Crippen LogP contribution in [-0.2, 0) is 4.74 Å². The van der Waals surface area contributed by atoms with Gasteiger partial charge in [0.15, 0.2) is 0 Å². The molecule has 108 valence electrons. The quantitative estimate of drug-likeness (QED) is 0.767. The Balaban J connectivity index is 1.67. The second kappa shape index (κ2) is 4.80. The molecule has 0 fully saturated rings. The molecule has 0 bridgehead atoms. The van der Waals surface area contributed by atoms with Crippen LogP contribution < -0.4 is 5.73 Å². The summed E-state index contributed by atoms with van der Waals surface area (Å²) in [5.41, 5.74) is 9.46. The summed E-state index contributed by atoms with van der Waals surface area (Å²) in [7, 11) is 0. The average molecular weight is 279 g/mol.